The lowest BCUT2D eigenvalue weighted by Gasteiger charge is -2.30. The molecular weight excluding hydrogens is 260 g/mol. The zero-order valence-corrected chi connectivity index (χ0v) is 13.2. The molecule has 1 atom stereocenters. The standard InChI is InChI=1S/C18H26N2O/c1-3-18-15-19(2)11-5-12-20(18)14-17-9-7-16(8-10-17)6-4-13-21/h7-10,18,21H,3,5,11-15H2,1-2H3. The van der Waals surface area contributed by atoms with Crippen molar-refractivity contribution in [3.63, 3.8) is 0 Å². The van der Waals surface area contributed by atoms with E-state index in [1.807, 2.05) is 12.1 Å². The number of benzene rings is 1. The Morgan fingerprint density at radius 2 is 2.00 bits per heavy atom. The molecule has 0 amide bonds. The van der Waals surface area contributed by atoms with Crippen LogP contribution in [0.2, 0.25) is 0 Å². The van der Waals surface area contributed by atoms with Crippen LogP contribution in [-0.4, -0.2) is 54.2 Å². The lowest BCUT2D eigenvalue weighted by Crippen LogP contribution is -2.39. The predicted octanol–water partition coefficient (Wildman–Crippen LogP) is 1.95. The summed E-state index contributed by atoms with van der Waals surface area (Å²) in [5.41, 5.74) is 2.31. The second kappa shape index (κ2) is 8.19. The van der Waals surface area contributed by atoms with Gasteiger partial charge < -0.3 is 10.0 Å². The Morgan fingerprint density at radius 1 is 1.24 bits per heavy atom. The fourth-order valence-corrected chi connectivity index (χ4v) is 2.96. The number of hydrogen-bond acceptors (Lipinski definition) is 3. The summed E-state index contributed by atoms with van der Waals surface area (Å²) in [6, 6.07) is 9.04. The first-order valence-corrected chi connectivity index (χ1v) is 7.84. The Kier molecular flexibility index (Phi) is 6.25. The lowest BCUT2D eigenvalue weighted by molar-refractivity contribution is 0.176. The molecule has 1 aliphatic rings. The summed E-state index contributed by atoms with van der Waals surface area (Å²) in [5.74, 6) is 5.62. The molecule has 0 aromatic heterocycles. The molecule has 1 aromatic carbocycles. The molecule has 2 rings (SSSR count). The summed E-state index contributed by atoms with van der Waals surface area (Å²) in [4.78, 5) is 5.06. The van der Waals surface area contributed by atoms with Crippen LogP contribution in [-0.2, 0) is 6.54 Å². The Bertz CT molecular complexity index is 486. The van der Waals surface area contributed by atoms with Crippen molar-refractivity contribution < 1.29 is 5.11 Å². The molecule has 1 fully saturated rings. The van der Waals surface area contributed by atoms with E-state index in [9.17, 15) is 0 Å². The molecular formula is C18H26N2O. The molecule has 3 nitrogen and oxygen atoms in total. The molecule has 0 saturated carbocycles. The van der Waals surface area contributed by atoms with Crippen molar-refractivity contribution >= 4 is 0 Å². The summed E-state index contributed by atoms with van der Waals surface area (Å²) in [6.45, 7) is 6.75. The van der Waals surface area contributed by atoms with Gasteiger partial charge >= 0.3 is 0 Å². The predicted molar refractivity (Wildman–Crippen MR) is 87.0 cm³/mol. The number of likely N-dealkylation sites (N-methyl/N-ethyl adjacent to an activating group) is 1. The van der Waals surface area contributed by atoms with Crippen molar-refractivity contribution in [3.8, 4) is 11.8 Å². The number of hydrogen-bond donors (Lipinski definition) is 1. The second-order valence-electron chi connectivity index (χ2n) is 5.81. The van der Waals surface area contributed by atoms with Gasteiger partial charge in [0.2, 0.25) is 0 Å². The van der Waals surface area contributed by atoms with E-state index in [4.69, 9.17) is 5.11 Å². The van der Waals surface area contributed by atoms with E-state index >= 15 is 0 Å². The molecule has 1 saturated heterocycles. The van der Waals surface area contributed by atoms with Crippen molar-refractivity contribution in [1.82, 2.24) is 9.80 Å². The maximum absolute atomic E-state index is 8.72. The first-order chi connectivity index (χ1) is 10.2. The van der Waals surface area contributed by atoms with E-state index in [1.165, 1.54) is 31.5 Å². The third-order valence-corrected chi connectivity index (χ3v) is 4.15. The highest BCUT2D eigenvalue weighted by Crippen LogP contribution is 2.16. The van der Waals surface area contributed by atoms with Gasteiger partial charge in [0.05, 0.1) is 0 Å². The Morgan fingerprint density at radius 3 is 2.67 bits per heavy atom. The Hall–Kier alpha value is -1.34. The molecule has 114 valence electrons. The van der Waals surface area contributed by atoms with E-state index in [0.717, 1.165) is 18.7 Å². The van der Waals surface area contributed by atoms with Crippen LogP contribution in [0.5, 0.6) is 0 Å². The van der Waals surface area contributed by atoms with Crippen molar-refractivity contribution in [1.29, 1.82) is 0 Å². The average molecular weight is 286 g/mol. The van der Waals surface area contributed by atoms with Crippen LogP contribution in [0, 0.1) is 11.8 Å². The van der Waals surface area contributed by atoms with Gasteiger partial charge in [0, 0.05) is 31.2 Å². The van der Waals surface area contributed by atoms with Gasteiger partial charge in [-0.3, -0.25) is 4.90 Å². The largest absolute Gasteiger partial charge is 0.384 e. The first kappa shape index (κ1) is 16.0. The average Bonchev–Trinajstić information content (AvgIpc) is 2.68. The van der Waals surface area contributed by atoms with E-state index in [1.54, 1.807) is 0 Å². The van der Waals surface area contributed by atoms with E-state index in [0.29, 0.717) is 6.04 Å². The van der Waals surface area contributed by atoms with E-state index < -0.39 is 0 Å². The molecule has 1 aromatic rings. The zero-order valence-electron chi connectivity index (χ0n) is 13.2. The van der Waals surface area contributed by atoms with Gasteiger partial charge in [-0.1, -0.05) is 30.9 Å². The second-order valence-corrected chi connectivity index (χ2v) is 5.81. The topological polar surface area (TPSA) is 26.7 Å². The van der Waals surface area contributed by atoms with Crippen LogP contribution < -0.4 is 0 Å². The van der Waals surface area contributed by atoms with Gasteiger partial charge in [-0.2, -0.15) is 0 Å². The summed E-state index contributed by atoms with van der Waals surface area (Å²) < 4.78 is 0. The quantitative estimate of drug-likeness (QED) is 0.860. The van der Waals surface area contributed by atoms with Gasteiger partial charge in [0.25, 0.3) is 0 Å². The van der Waals surface area contributed by atoms with Gasteiger partial charge in [-0.15, -0.1) is 0 Å². The maximum Gasteiger partial charge on any atom is 0.104 e. The van der Waals surface area contributed by atoms with Crippen LogP contribution in [0.25, 0.3) is 0 Å². The van der Waals surface area contributed by atoms with Crippen molar-refractivity contribution in [2.75, 3.05) is 33.3 Å². The van der Waals surface area contributed by atoms with Crippen LogP contribution in [0.1, 0.15) is 30.9 Å². The highest BCUT2D eigenvalue weighted by Gasteiger charge is 2.21. The highest BCUT2D eigenvalue weighted by atomic mass is 16.2. The molecule has 0 bridgehead atoms. The molecule has 0 radical (unpaired) electrons. The summed E-state index contributed by atoms with van der Waals surface area (Å²) in [5, 5.41) is 8.72. The minimum Gasteiger partial charge on any atom is -0.384 e. The number of aliphatic hydroxyl groups is 1. The normalized spacial score (nSPS) is 20.6. The molecule has 1 aliphatic heterocycles. The molecule has 21 heavy (non-hydrogen) atoms. The molecule has 1 heterocycles. The van der Waals surface area contributed by atoms with Gasteiger partial charge in [-0.25, -0.2) is 0 Å². The summed E-state index contributed by atoms with van der Waals surface area (Å²) in [7, 11) is 2.22. The van der Waals surface area contributed by atoms with Crippen LogP contribution in [0.4, 0.5) is 0 Å². The minimum atomic E-state index is -0.0821. The van der Waals surface area contributed by atoms with Crippen molar-refractivity contribution in [2.45, 2.75) is 32.4 Å². The molecule has 1 unspecified atom stereocenters. The SMILES string of the molecule is CCC1CN(C)CCCN1Cc1ccc(C#CCO)cc1. The summed E-state index contributed by atoms with van der Waals surface area (Å²) >= 11 is 0. The highest BCUT2D eigenvalue weighted by molar-refractivity contribution is 5.36. The summed E-state index contributed by atoms with van der Waals surface area (Å²) in [6.07, 6.45) is 2.44. The molecule has 0 aliphatic carbocycles. The molecule has 3 heteroatoms. The van der Waals surface area contributed by atoms with Gasteiger partial charge in [-0.05, 0) is 44.1 Å². The maximum atomic E-state index is 8.72. The van der Waals surface area contributed by atoms with Crippen LogP contribution in [0.3, 0.4) is 0 Å². The number of rotatable bonds is 3. The van der Waals surface area contributed by atoms with Gasteiger partial charge in [0.1, 0.15) is 6.61 Å². The van der Waals surface area contributed by atoms with Gasteiger partial charge in [0.15, 0.2) is 0 Å². The number of nitrogens with zero attached hydrogens (tertiary/aromatic N) is 2. The van der Waals surface area contributed by atoms with Crippen LogP contribution in [0.15, 0.2) is 24.3 Å². The lowest BCUT2D eigenvalue weighted by atomic mass is 10.1. The molecule has 0 spiro atoms. The Labute approximate surface area is 128 Å². The minimum absolute atomic E-state index is 0.0821. The number of aliphatic hydroxyl groups excluding tert-OH is 1. The van der Waals surface area contributed by atoms with Crippen molar-refractivity contribution in [2.24, 2.45) is 0 Å². The third kappa shape index (κ3) is 4.86. The van der Waals surface area contributed by atoms with E-state index in [-0.39, 0.29) is 6.61 Å². The smallest absolute Gasteiger partial charge is 0.104 e. The fraction of sp³-hybridized carbons (Fsp3) is 0.556. The monoisotopic (exact) mass is 286 g/mol. The first-order valence-electron chi connectivity index (χ1n) is 7.84. The van der Waals surface area contributed by atoms with E-state index in [2.05, 4.69) is 47.7 Å². The van der Waals surface area contributed by atoms with Crippen molar-refractivity contribution in [3.05, 3.63) is 35.4 Å². The fourth-order valence-electron chi connectivity index (χ4n) is 2.96. The van der Waals surface area contributed by atoms with Crippen LogP contribution >= 0.6 is 0 Å². The zero-order chi connectivity index (χ0) is 15.1. The Balaban J connectivity index is 2.02. The third-order valence-electron chi connectivity index (χ3n) is 4.15. The molecule has 1 N–H and O–H groups in total.